The molecule has 0 aliphatic heterocycles. The number of amides is 1. The first kappa shape index (κ1) is 13.8. The van der Waals surface area contributed by atoms with Crippen molar-refractivity contribution in [1.29, 1.82) is 0 Å². The van der Waals surface area contributed by atoms with E-state index in [-0.39, 0.29) is 5.91 Å². The van der Waals surface area contributed by atoms with E-state index in [0.717, 1.165) is 10.9 Å². The summed E-state index contributed by atoms with van der Waals surface area (Å²) in [5.41, 5.74) is 1.52. The van der Waals surface area contributed by atoms with Gasteiger partial charge in [0.15, 0.2) is 0 Å². The van der Waals surface area contributed by atoms with Gasteiger partial charge >= 0.3 is 5.63 Å². The second-order valence-corrected chi connectivity index (χ2v) is 6.87. The van der Waals surface area contributed by atoms with Crippen LogP contribution in [0, 0.1) is 6.92 Å². The van der Waals surface area contributed by atoms with Gasteiger partial charge in [-0.1, -0.05) is 15.9 Å². The summed E-state index contributed by atoms with van der Waals surface area (Å²) in [6.07, 6.45) is 0. The quantitative estimate of drug-likeness (QED) is 0.682. The van der Waals surface area contributed by atoms with Crippen molar-refractivity contribution >= 4 is 38.5 Å². The van der Waals surface area contributed by atoms with E-state index < -0.39 is 9.95 Å². The number of alkyl halides is 1. The van der Waals surface area contributed by atoms with Crippen molar-refractivity contribution in [2.75, 3.05) is 5.32 Å². The maximum absolute atomic E-state index is 11.9. The Morgan fingerprint density at radius 1 is 1.32 bits per heavy atom. The minimum absolute atomic E-state index is 0.165. The van der Waals surface area contributed by atoms with Gasteiger partial charge in [0.1, 0.15) is 5.58 Å². The van der Waals surface area contributed by atoms with Crippen molar-refractivity contribution in [1.82, 2.24) is 0 Å². The highest BCUT2D eigenvalue weighted by molar-refractivity contribution is 9.10. The van der Waals surface area contributed by atoms with Crippen LogP contribution in [-0.4, -0.2) is 10.2 Å². The summed E-state index contributed by atoms with van der Waals surface area (Å²) in [7, 11) is 0. The van der Waals surface area contributed by atoms with E-state index in [4.69, 9.17) is 4.42 Å². The van der Waals surface area contributed by atoms with E-state index >= 15 is 0 Å². The van der Waals surface area contributed by atoms with Crippen molar-refractivity contribution < 1.29 is 9.21 Å². The van der Waals surface area contributed by atoms with Crippen LogP contribution in [0.1, 0.15) is 19.4 Å². The summed E-state index contributed by atoms with van der Waals surface area (Å²) < 4.78 is 4.47. The molecule has 0 radical (unpaired) electrons. The largest absolute Gasteiger partial charge is 0.423 e. The number of rotatable bonds is 2. The highest BCUT2D eigenvalue weighted by Crippen LogP contribution is 2.23. The molecule has 1 amide bonds. The molecule has 100 valence electrons. The summed E-state index contributed by atoms with van der Waals surface area (Å²) in [4.78, 5) is 23.2. The predicted octanol–water partition coefficient (Wildman–Crippen LogP) is 3.21. The van der Waals surface area contributed by atoms with Gasteiger partial charge in [0.25, 0.3) is 0 Å². The van der Waals surface area contributed by atoms with Crippen molar-refractivity contribution in [3.63, 3.8) is 0 Å². The number of halogens is 1. The van der Waals surface area contributed by atoms with E-state index in [0.29, 0.717) is 11.3 Å². The highest BCUT2D eigenvalue weighted by Gasteiger charge is 2.23. The standard InChI is InChI=1S/C14H14BrNO3/c1-8-6-12(17)19-11-7-9(4-5-10(8)11)16-13(18)14(2,3)15/h4-7H,1-3H3,(H,16,18). The Morgan fingerprint density at radius 3 is 2.63 bits per heavy atom. The van der Waals surface area contributed by atoms with Crippen LogP contribution in [0.4, 0.5) is 5.69 Å². The zero-order chi connectivity index (χ0) is 14.2. The molecule has 19 heavy (non-hydrogen) atoms. The number of fused-ring (bicyclic) bond motifs is 1. The Hall–Kier alpha value is -1.62. The second kappa shape index (κ2) is 4.81. The van der Waals surface area contributed by atoms with Crippen LogP contribution in [-0.2, 0) is 4.79 Å². The highest BCUT2D eigenvalue weighted by atomic mass is 79.9. The molecule has 1 aromatic carbocycles. The van der Waals surface area contributed by atoms with Gasteiger partial charge in [0.05, 0.1) is 4.32 Å². The first-order valence-corrected chi connectivity index (χ1v) is 6.61. The molecule has 1 aromatic heterocycles. The molecule has 0 atom stereocenters. The summed E-state index contributed by atoms with van der Waals surface area (Å²) in [6, 6.07) is 6.71. The number of carbonyl (C=O) groups excluding carboxylic acids is 1. The Labute approximate surface area is 118 Å². The van der Waals surface area contributed by atoms with Gasteiger partial charge in [0.2, 0.25) is 5.91 Å². The Morgan fingerprint density at radius 2 is 2.00 bits per heavy atom. The van der Waals surface area contributed by atoms with E-state index in [2.05, 4.69) is 21.2 Å². The van der Waals surface area contributed by atoms with Crippen molar-refractivity contribution in [3.05, 3.63) is 40.2 Å². The molecule has 0 aliphatic rings. The molecule has 4 nitrogen and oxygen atoms in total. The lowest BCUT2D eigenvalue weighted by molar-refractivity contribution is -0.117. The van der Waals surface area contributed by atoms with Crippen LogP contribution < -0.4 is 10.9 Å². The van der Waals surface area contributed by atoms with Crippen molar-refractivity contribution in [3.8, 4) is 0 Å². The third kappa shape index (κ3) is 3.04. The summed E-state index contributed by atoms with van der Waals surface area (Å²) >= 11 is 3.29. The molecule has 0 saturated heterocycles. The Bertz CT molecular complexity index is 698. The lowest BCUT2D eigenvalue weighted by Gasteiger charge is -2.16. The molecular weight excluding hydrogens is 310 g/mol. The third-order valence-electron chi connectivity index (χ3n) is 2.75. The molecule has 2 rings (SSSR count). The maximum atomic E-state index is 11.9. The molecular formula is C14H14BrNO3. The number of hydrogen-bond acceptors (Lipinski definition) is 3. The Balaban J connectivity index is 2.42. The van der Waals surface area contributed by atoms with Crippen LogP contribution >= 0.6 is 15.9 Å². The van der Waals surface area contributed by atoms with Crippen molar-refractivity contribution in [2.45, 2.75) is 25.1 Å². The lowest BCUT2D eigenvalue weighted by atomic mass is 10.1. The van der Waals surface area contributed by atoms with Crippen LogP contribution in [0.3, 0.4) is 0 Å². The number of benzene rings is 1. The molecule has 0 fully saturated rings. The number of nitrogens with one attached hydrogen (secondary N) is 1. The van der Waals surface area contributed by atoms with Gasteiger partial charge in [-0.3, -0.25) is 4.79 Å². The minimum Gasteiger partial charge on any atom is -0.423 e. The van der Waals surface area contributed by atoms with Crippen LogP contribution in [0.2, 0.25) is 0 Å². The smallest absolute Gasteiger partial charge is 0.336 e. The van der Waals surface area contributed by atoms with E-state index in [1.54, 1.807) is 26.0 Å². The van der Waals surface area contributed by atoms with Gasteiger partial charge in [-0.05, 0) is 38.5 Å². The zero-order valence-corrected chi connectivity index (χ0v) is 12.5. The third-order valence-corrected chi connectivity index (χ3v) is 3.11. The van der Waals surface area contributed by atoms with Gasteiger partial charge in [-0.2, -0.15) is 0 Å². The second-order valence-electron chi connectivity index (χ2n) is 4.89. The molecule has 2 aromatic rings. The molecule has 0 aliphatic carbocycles. The normalized spacial score (nSPS) is 11.6. The van der Waals surface area contributed by atoms with Gasteiger partial charge in [-0.25, -0.2) is 4.79 Å². The maximum Gasteiger partial charge on any atom is 0.336 e. The fourth-order valence-corrected chi connectivity index (χ4v) is 1.78. The van der Waals surface area contributed by atoms with Crippen LogP contribution in [0.5, 0.6) is 0 Å². The average molecular weight is 324 g/mol. The van der Waals surface area contributed by atoms with E-state index in [1.165, 1.54) is 6.07 Å². The molecule has 0 bridgehead atoms. The zero-order valence-electron chi connectivity index (χ0n) is 10.9. The fourth-order valence-electron chi connectivity index (χ4n) is 1.68. The molecule has 1 heterocycles. The van der Waals surface area contributed by atoms with Crippen LogP contribution in [0.25, 0.3) is 11.0 Å². The summed E-state index contributed by atoms with van der Waals surface area (Å²) in [5.74, 6) is -0.165. The van der Waals surface area contributed by atoms with Crippen LogP contribution in [0.15, 0.2) is 33.5 Å². The van der Waals surface area contributed by atoms with Gasteiger partial charge in [-0.15, -0.1) is 0 Å². The van der Waals surface area contributed by atoms with E-state index in [9.17, 15) is 9.59 Å². The number of aryl methyl sites for hydroxylation is 1. The molecule has 5 heteroatoms. The summed E-state index contributed by atoms with van der Waals surface area (Å²) in [6.45, 7) is 5.36. The first-order chi connectivity index (χ1) is 8.77. The molecule has 1 N–H and O–H groups in total. The summed E-state index contributed by atoms with van der Waals surface area (Å²) in [5, 5.41) is 3.62. The average Bonchev–Trinajstić information content (AvgIpc) is 2.26. The molecule has 0 saturated carbocycles. The van der Waals surface area contributed by atoms with Gasteiger partial charge < -0.3 is 9.73 Å². The lowest BCUT2D eigenvalue weighted by Crippen LogP contribution is -2.30. The predicted molar refractivity (Wildman–Crippen MR) is 78.9 cm³/mol. The first-order valence-electron chi connectivity index (χ1n) is 5.82. The SMILES string of the molecule is Cc1cc(=O)oc2cc(NC(=O)C(C)(C)Br)ccc12. The topological polar surface area (TPSA) is 59.3 Å². The number of anilines is 1. The fraction of sp³-hybridized carbons (Fsp3) is 0.286. The Kier molecular flexibility index (Phi) is 3.49. The number of carbonyl (C=O) groups is 1. The monoisotopic (exact) mass is 323 g/mol. The molecule has 0 unspecified atom stereocenters. The number of hydrogen-bond donors (Lipinski definition) is 1. The van der Waals surface area contributed by atoms with E-state index in [1.807, 2.05) is 13.0 Å². The van der Waals surface area contributed by atoms with Gasteiger partial charge in [0, 0.05) is 23.2 Å². The minimum atomic E-state index is -0.657. The van der Waals surface area contributed by atoms with Crippen molar-refractivity contribution in [2.24, 2.45) is 0 Å². The molecule has 0 spiro atoms.